The van der Waals surface area contributed by atoms with Gasteiger partial charge in [-0.2, -0.15) is 0 Å². The monoisotopic (exact) mass is 374 g/mol. The van der Waals surface area contributed by atoms with Crippen molar-refractivity contribution in [3.05, 3.63) is 108 Å². The van der Waals surface area contributed by atoms with Crippen molar-refractivity contribution in [2.45, 2.75) is 19.6 Å². The van der Waals surface area contributed by atoms with Crippen molar-refractivity contribution in [1.29, 1.82) is 0 Å². The van der Waals surface area contributed by atoms with E-state index in [9.17, 15) is 0 Å². The summed E-state index contributed by atoms with van der Waals surface area (Å²) in [5.41, 5.74) is 3.91. The minimum Gasteiger partial charge on any atom is -0.300 e. The second-order valence-electron chi connectivity index (χ2n) is 6.88. The van der Waals surface area contributed by atoms with Crippen molar-refractivity contribution < 1.29 is 0 Å². The Balaban J connectivity index is 1.44. The van der Waals surface area contributed by atoms with Gasteiger partial charge in [-0.15, -0.1) is 0 Å². The molecule has 0 saturated heterocycles. The molecule has 0 amide bonds. The third-order valence-corrected chi connectivity index (χ3v) is 4.52. The van der Waals surface area contributed by atoms with E-state index in [1.54, 1.807) is 0 Å². The van der Waals surface area contributed by atoms with Crippen LogP contribution in [0.5, 0.6) is 0 Å². The van der Waals surface area contributed by atoms with Crippen LogP contribution in [0.1, 0.15) is 16.7 Å². The molecule has 0 aliphatic carbocycles. The van der Waals surface area contributed by atoms with Crippen LogP contribution in [0.3, 0.4) is 0 Å². The van der Waals surface area contributed by atoms with Crippen molar-refractivity contribution in [2.24, 2.45) is 0 Å². The Morgan fingerprint density at radius 1 is 0.429 bits per heavy atom. The number of rotatable bonds is 12. The largest absolute Gasteiger partial charge is 0.300 e. The molecule has 0 bridgehead atoms. The zero-order valence-electron chi connectivity index (χ0n) is 16.4. The molecule has 28 heavy (non-hydrogen) atoms. The van der Waals surface area contributed by atoms with E-state index in [1.807, 2.05) is 0 Å². The quantitative estimate of drug-likeness (QED) is 0.424. The van der Waals surface area contributed by atoms with Crippen LogP contribution in [0.2, 0.25) is 0 Å². The molecule has 146 valence electrons. The number of nitrogens with one attached hydrogen (secondary N) is 3. The summed E-state index contributed by atoms with van der Waals surface area (Å²) >= 11 is 0. The van der Waals surface area contributed by atoms with Gasteiger partial charge < -0.3 is 16.0 Å². The lowest BCUT2D eigenvalue weighted by molar-refractivity contribution is 0.214. The average Bonchev–Trinajstić information content (AvgIpc) is 2.76. The first kappa shape index (κ1) is 20.2. The van der Waals surface area contributed by atoms with Crippen molar-refractivity contribution in [1.82, 2.24) is 20.9 Å². The maximum Gasteiger partial charge on any atom is 0.0507 e. The highest BCUT2D eigenvalue weighted by atomic mass is 15.3. The Bertz CT molecular complexity index is 654. The van der Waals surface area contributed by atoms with Crippen LogP contribution in [0.25, 0.3) is 0 Å². The average molecular weight is 375 g/mol. The molecule has 4 nitrogen and oxygen atoms in total. The molecule has 0 aliphatic heterocycles. The van der Waals surface area contributed by atoms with Gasteiger partial charge in [0.25, 0.3) is 0 Å². The summed E-state index contributed by atoms with van der Waals surface area (Å²) in [6.45, 7) is 5.06. The van der Waals surface area contributed by atoms with E-state index >= 15 is 0 Å². The number of benzene rings is 3. The van der Waals surface area contributed by atoms with E-state index < -0.39 is 0 Å². The summed E-state index contributed by atoms with van der Waals surface area (Å²) in [6.07, 6.45) is 0. The summed E-state index contributed by atoms with van der Waals surface area (Å²) in [7, 11) is 0. The van der Waals surface area contributed by atoms with Gasteiger partial charge in [0, 0.05) is 19.6 Å². The predicted octanol–water partition coefficient (Wildman–Crippen LogP) is 3.53. The summed E-state index contributed by atoms with van der Waals surface area (Å²) in [4.78, 5) is 2.34. The fourth-order valence-electron chi connectivity index (χ4n) is 3.03. The molecule has 0 atom stereocenters. The SMILES string of the molecule is c1ccc(CNCN(CNCc2ccccc2)CNCc2ccccc2)cc1. The molecule has 0 saturated carbocycles. The Labute approximate surface area is 168 Å². The predicted molar refractivity (Wildman–Crippen MR) is 116 cm³/mol. The molecule has 0 aliphatic rings. The summed E-state index contributed by atoms with van der Waals surface area (Å²) in [5.74, 6) is 0. The van der Waals surface area contributed by atoms with Crippen LogP contribution in [0.4, 0.5) is 0 Å². The second-order valence-corrected chi connectivity index (χ2v) is 6.88. The fourth-order valence-corrected chi connectivity index (χ4v) is 3.03. The zero-order chi connectivity index (χ0) is 19.3. The highest BCUT2D eigenvalue weighted by Crippen LogP contribution is 2.00. The maximum absolute atomic E-state index is 3.55. The van der Waals surface area contributed by atoms with E-state index in [0.29, 0.717) is 0 Å². The fraction of sp³-hybridized carbons (Fsp3) is 0.250. The molecule has 0 spiro atoms. The van der Waals surface area contributed by atoms with Gasteiger partial charge in [-0.25, -0.2) is 0 Å². The molecule has 0 unspecified atom stereocenters. The highest BCUT2D eigenvalue weighted by molar-refractivity contribution is 5.15. The highest BCUT2D eigenvalue weighted by Gasteiger charge is 2.04. The van der Waals surface area contributed by atoms with Crippen molar-refractivity contribution >= 4 is 0 Å². The van der Waals surface area contributed by atoms with Gasteiger partial charge in [-0.1, -0.05) is 91.0 Å². The first-order chi connectivity index (χ1) is 13.9. The molecule has 3 aromatic rings. The number of hydrogen-bond donors (Lipinski definition) is 3. The van der Waals surface area contributed by atoms with Gasteiger partial charge in [0.1, 0.15) is 0 Å². The van der Waals surface area contributed by atoms with Gasteiger partial charge in [-0.3, -0.25) is 4.90 Å². The Hall–Kier alpha value is -2.50. The van der Waals surface area contributed by atoms with Gasteiger partial charge >= 0.3 is 0 Å². The van der Waals surface area contributed by atoms with Crippen molar-refractivity contribution in [3.8, 4) is 0 Å². The maximum atomic E-state index is 3.55. The van der Waals surface area contributed by atoms with E-state index in [1.165, 1.54) is 16.7 Å². The lowest BCUT2D eigenvalue weighted by atomic mass is 10.2. The first-order valence-corrected chi connectivity index (χ1v) is 9.86. The Kier molecular flexibility index (Phi) is 8.71. The lowest BCUT2D eigenvalue weighted by Gasteiger charge is -2.24. The van der Waals surface area contributed by atoms with Crippen molar-refractivity contribution in [2.75, 3.05) is 20.0 Å². The minimum absolute atomic E-state index is 0.818. The van der Waals surface area contributed by atoms with Crippen LogP contribution in [0.15, 0.2) is 91.0 Å². The van der Waals surface area contributed by atoms with Crippen LogP contribution < -0.4 is 16.0 Å². The summed E-state index contributed by atoms with van der Waals surface area (Å²) < 4.78 is 0. The molecule has 0 heterocycles. The first-order valence-electron chi connectivity index (χ1n) is 9.86. The smallest absolute Gasteiger partial charge is 0.0507 e. The van der Waals surface area contributed by atoms with Crippen LogP contribution in [-0.2, 0) is 19.6 Å². The molecule has 3 rings (SSSR count). The molecular formula is C24H30N4. The minimum atomic E-state index is 0.818. The molecule has 3 N–H and O–H groups in total. The summed E-state index contributed by atoms with van der Waals surface area (Å²) in [6, 6.07) is 31.6. The van der Waals surface area contributed by atoms with Gasteiger partial charge in [0.05, 0.1) is 20.0 Å². The molecule has 0 aromatic heterocycles. The summed E-state index contributed by atoms with van der Waals surface area (Å²) in [5, 5.41) is 10.6. The zero-order valence-corrected chi connectivity index (χ0v) is 16.4. The van der Waals surface area contributed by atoms with Crippen LogP contribution in [0, 0.1) is 0 Å². The van der Waals surface area contributed by atoms with Crippen LogP contribution in [-0.4, -0.2) is 24.9 Å². The van der Waals surface area contributed by atoms with Gasteiger partial charge in [-0.05, 0) is 16.7 Å². The second kappa shape index (κ2) is 12.1. The van der Waals surface area contributed by atoms with E-state index in [-0.39, 0.29) is 0 Å². The number of hydrogen-bond acceptors (Lipinski definition) is 4. The normalized spacial score (nSPS) is 11.0. The molecule has 3 aromatic carbocycles. The van der Waals surface area contributed by atoms with E-state index in [2.05, 4.69) is 112 Å². The van der Waals surface area contributed by atoms with E-state index in [4.69, 9.17) is 0 Å². The lowest BCUT2D eigenvalue weighted by Crippen LogP contribution is -2.44. The van der Waals surface area contributed by atoms with Crippen LogP contribution >= 0.6 is 0 Å². The molecule has 0 radical (unpaired) electrons. The topological polar surface area (TPSA) is 39.3 Å². The molecule has 4 heteroatoms. The third-order valence-electron chi connectivity index (χ3n) is 4.52. The molecule has 0 fully saturated rings. The number of nitrogens with zero attached hydrogens (tertiary/aromatic N) is 1. The van der Waals surface area contributed by atoms with Crippen molar-refractivity contribution in [3.63, 3.8) is 0 Å². The Morgan fingerprint density at radius 3 is 1.00 bits per heavy atom. The Morgan fingerprint density at radius 2 is 0.714 bits per heavy atom. The standard InChI is InChI=1S/C24H30N4/c1-4-10-22(11-5-1)16-25-19-28(20-26-17-23-12-6-2-7-13-23)21-27-18-24-14-8-3-9-15-24/h1-15,25-27H,16-21H2. The third kappa shape index (κ3) is 7.62. The van der Waals surface area contributed by atoms with Gasteiger partial charge in [0.2, 0.25) is 0 Å². The van der Waals surface area contributed by atoms with Gasteiger partial charge in [0.15, 0.2) is 0 Å². The van der Waals surface area contributed by atoms with E-state index in [0.717, 1.165) is 39.6 Å². The molecular weight excluding hydrogens is 344 g/mol.